The van der Waals surface area contributed by atoms with Crippen LogP contribution in [0.25, 0.3) is 0 Å². The topological polar surface area (TPSA) is 195 Å². The van der Waals surface area contributed by atoms with Gasteiger partial charge in [-0.25, -0.2) is 4.79 Å². The Hall–Kier alpha value is -4.33. The van der Waals surface area contributed by atoms with Gasteiger partial charge in [-0.2, -0.15) is 0 Å². The number of unbranched alkanes of at least 4 members (excludes halogenated alkanes) is 1. The lowest BCUT2D eigenvalue weighted by molar-refractivity contribution is -0.757. The number of nitrogens with one attached hydrogen (secondary N) is 1. The smallest absolute Gasteiger partial charge is 0.333 e. The van der Waals surface area contributed by atoms with Crippen molar-refractivity contribution >= 4 is 17.8 Å². The summed E-state index contributed by atoms with van der Waals surface area (Å²) in [5, 5.41) is 43.5. The van der Waals surface area contributed by atoms with Crippen molar-refractivity contribution in [2.24, 2.45) is 11.8 Å². The molecule has 6 atom stereocenters. The number of hydrogen-bond acceptors (Lipinski definition) is 11. The molecule has 0 bridgehead atoms. The number of carbonyl (C=O) groups excluding carboxylic acids is 3. The third kappa shape index (κ3) is 16.0. The number of aliphatic hydroxyl groups excluding tert-OH is 3. The lowest BCUT2D eigenvalue weighted by Crippen LogP contribution is -2.40. The fourth-order valence-corrected chi connectivity index (χ4v) is 6.18. The number of aliphatic hydroxyl groups is 3. The quantitative estimate of drug-likeness (QED) is 0.0318. The van der Waals surface area contributed by atoms with Crippen LogP contribution in [0.2, 0.25) is 0 Å². The maximum absolute atomic E-state index is 12.5. The van der Waals surface area contributed by atoms with Crippen LogP contribution in [-0.2, 0) is 36.8 Å². The molecule has 1 saturated carbocycles. The number of ether oxygens (including phenoxy) is 2. The Bertz CT molecular complexity index is 1390. The number of hydrogen-bond donors (Lipinski definition) is 4. The summed E-state index contributed by atoms with van der Waals surface area (Å²) in [6, 6.07) is 15.8. The molecule has 280 valence electrons. The van der Waals surface area contributed by atoms with Crippen molar-refractivity contribution in [1.29, 1.82) is 0 Å². The fourth-order valence-electron chi connectivity index (χ4n) is 6.18. The first-order chi connectivity index (χ1) is 24.5. The average molecular weight is 713 g/mol. The molecule has 0 aromatic heterocycles. The van der Waals surface area contributed by atoms with E-state index in [9.17, 15) is 39.8 Å². The van der Waals surface area contributed by atoms with Gasteiger partial charge in [0.1, 0.15) is 11.8 Å². The van der Waals surface area contributed by atoms with E-state index in [4.69, 9.17) is 9.47 Å². The lowest BCUT2D eigenvalue weighted by atomic mass is 9.85. The van der Waals surface area contributed by atoms with Crippen LogP contribution in [0.3, 0.4) is 0 Å². The zero-order chi connectivity index (χ0) is 37.0. The molecule has 1 amide bonds. The summed E-state index contributed by atoms with van der Waals surface area (Å²) in [5.41, 5.74) is 2.03. The molecule has 51 heavy (non-hydrogen) atoms. The summed E-state index contributed by atoms with van der Waals surface area (Å²) in [5.74, 6) is -1.22. The van der Waals surface area contributed by atoms with Crippen LogP contribution in [0, 0.1) is 22.0 Å². The van der Waals surface area contributed by atoms with Crippen LogP contribution in [0.15, 0.2) is 66.7 Å². The molecule has 0 spiro atoms. The van der Waals surface area contributed by atoms with Gasteiger partial charge in [-0.05, 0) is 99.8 Å². The molecule has 0 saturated heterocycles. The van der Waals surface area contributed by atoms with Crippen LogP contribution >= 0.6 is 0 Å². The summed E-state index contributed by atoms with van der Waals surface area (Å²) in [4.78, 5) is 50.9. The minimum atomic E-state index is -0.912. The predicted octanol–water partition coefficient (Wildman–Crippen LogP) is 4.42. The number of nitrogens with zero attached hydrogens (tertiary/aromatic N) is 1. The monoisotopic (exact) mass is 712 g/mol. The van der Waals surface area contributed by atoms with Gasteiger partial charge in [0, 0.05) is 19.3 Å². The third-order valence-corrected chi connectivity index (χ3v) is 9.06. The highest BCUT2D eigenvalue weighted by Crippen LogP contribution is 2.38. The van der Waals surface area contributed by atoms with E-state index in [1.54, 1.807) is 31.2 Å². The van der Waals surface area contributed by atoms with Gasteiger partial charge in [0.15, 0.2) is 0 Å². The number of aryl methyl sites for hydroxylation is 1. The second kappa shape index (κ2) is 22.5. The highest BCUT2D eigenvalue weighted by Gasteiger charge is 2.40. The molecule has 1 aliphatic rings. The molecule has 0 aliphatic heterocycles. The summed E-state index contributed by atoms with van der Waals surface area (Å²) >= 11 is 0. The Morgan fingerprint density at radius 3 is 2.35 bits per heavy atom. The first kappa shape index (κ1) is 41.1. The first-order valence-electron chi connectivity index (χ1n) is 17.8. The minimum Gasteiger partial charge on any atom is -0.465 e. The Morgan fingerprint density at radius 2 is 1.63 bits per heavy atom. The van der Waals surface area contributed by atoms with E-state index in [-0.39, 0.29) is 50.2 Å². The zero-order valence-electron chi connectivity index (χ0n) is 29.3. The Labute approximate surface area is 299 Å². The average Bonchev–Trinajstić information content (AvgIpc) is 3.38. The SMILES string of the molecule is CC(NC(=O)CCC/C=C\C[C@@H]1[C@@H](CC[C@@H](O)CCc2ccccc2)[C@H](O)C[C@@H]1O)C(=O)Oc1ccc(CCOC(=O)CCCO[N+](=O)[O-])cc1. The number of amides is 1. The molecule has 0 radical (unpaired) electrons. The van der Waals surface area contributed by atoms with Crippen molar-refractivity contribution in [3.05, 3.63) is 88.0 Å². The van der Waals surface area contributed by atoms with Crippen LogP contribution in [0.5, 0.6) is 5.75 Å². The fraction of sp³-hybridized carbons (Fsp3) is 0.553. The maximum atomic E-state index is 12.5. The van der Waals surface area contributed by atoms with Crippen LogP contribution in [0.4, 0.5) is 0 Å². The normalized spacial score (nSPS) is 19.7. The van der Waals surface area contributed by atoms with Gasteiger partial charge in [0.25, 0.3) is 5.09 Å². The van der Waals surface area contributed by atoms with E-state index in [0.29, 0.717) is 57.1 Å². The van der Waals surface area contributed by atoms with Gasteiger partial charge >= 0.3 is 11.9 Å². The van der Waals surface area contributed by atoms with Crippen molar-refractivity contribution < 1.29 is 49.1 Å². The first-order valence-corrected chi connectivity index (χ1v) is 17.8. The highest BCUT2D eigenvalue weighted by atomic mass is 16.9. The molecule has 3 rings (SSSR count). The van der Waals surface area contributed by atoms with Crippen molar-refractivity contribution in [2.75, 3.05) is 13.2 Å². The van der Waals surface area contributed by atoms with Crippen molar-refractivity contribution in [1.82, 2.24) is 5.32 Å². The highest BCUT2D eigenvalue weighted by molar-refractivity contribution is 5.85. The van der Waals surface area contributed by atoms with E-state index in [1.165, 1.54) is 5.56 Å². The van der Waals surface area contributed by atoms with E-state index >= 15 is 0 Å². The maximum Gasteiger partial charge on any atom is 0.333 e. The van der Waals surface area contributed by atoms with Crippen LogP contribution in [0.1, 0.15) is 82.3 Å². The lowest BCUT2D eigenvalue weighted by Gasteiger charge is -2.23. The number of benzene rings is 2. The van der Waals surface area contributed by atoms with E-state index in [1.807, 2.05) is 42.5 Å². The summed E-state index contributed by atoms with van der Waals surface area (Å²) in [7, 11) is 0. The van der Waals surface area contributed by atoms with Crippen molar-refractivity contribution in [2.45, 2.75) is 108 Å². The standard InChI is InChI=1S/C38H52N2O11/c1-27(38(46)51-31-20-16-29(17-21-31)23-25-49-37(45)14-9-24-50-40(47)48)39-36(44)13-8-3-2-7-12-32-33(35(43)26-34(32)42)22-19-30(41)18-15-28-10-5-4-6-11-28/h2,4-7,10-11,16-17,20-21,27,30,32-35,41-43H,3,8-9,12-15,18-19,22-26H2,1H3,(H,39,44)/b7-2-/t27?,30-,32+,33+,34-,35+/m0/s1. The van der Waals surface area contributed by atoms with Crippen molar-refractivity contribution in [3.63, 3.8) is 0 Å². The Morgan fingerprint density at radius 1 is 0.922 bits per heavy atom. The largest absolute Gasteiger partial charge is 0.465 e. The zero-order valence-corrected chi connectivity index (χ0v) is 29.3. The van der Waals surface area contributed by atoms with Crippen LogP contribution < -0.4 is 10.1 Å². The van der Waals surface area contributed by atoms with Gasteiger partial charge in [-0.15, -0.1) is 10.1 Å². The minimum absolute atomic E-state index is 0.0119. The molecule has 13 nitrogen and oxygen atoms in total. The van der Waals surface area contributed by atoms with Crippen LogP contribution in [-0.4, -0.2) is 75.8 Å². The van der Waals surface area contributed by atoms with Crippen molar-refractivity contribution in [3.8, 4) is 5.75 Å². The molecule has 13 heteroatoms. The Balaban J connectivity index is 1.28. The molecule has 0 heterocycles. The number of esters is 2. The molecule has 2 aromatic rings. The van der Waals surface area contributed by atoms with Gasteiger partial charge < -0.3 is 34.9 Å². The Kier molecular flexibility index (Phi) is 18.1. The summed E-state index contributed by atoms with van der Waals surface area (Å²) in [6.07, 6.45) is 8.00. The van der Waals surface area contributed by atoms with E-state index < -0.39 is 41.4 Å². The van der Waals surface area contributed by atoms with E-state index in [2.05, 4.69) is 10.2 Å². The molecule has 1 fully saturated rings. The second-order valence-electron chi connectivity index (χ2n) is 13.0. The third-order valence-electron chi connectivity index (χ3n) is 9.06. The van der Waals surface area contributed by atoms with Gasteiger partial charge in [-0.1, -0.05) is 54.6 Å². The number of allylic oxidation sites excluding steroid dienone is 2. The molecule has 2 aromatic carbocycles. The molecule has 4 N–H and O–H groups in total. The number of carbonyl (C=O) groups is 3. The molecule has 1 aliphatic carbocycles. The predicted molar refractivity (Wildman–Crippen MR) is 188 cm³/mol. The van der Waals surface area contributed by atoms with Gasteiger partial charge in [-0.3, -0.25) is 9.59 Å². The molecular formula is C38H52N2O11. The molecule has 1 unspecified atom stereocenters. The molecular weight excluding hydrogens is 660 g/mol. The van der Waals surface area contributed by atoms with Gasteiger partial charge in [0.05, 0.1) is 31.5 Å². The van der Waals surface area contributed by atoms with E-state index in [0.717, 1.165) is 12.0 Å². The summed E-state index contributed by atoms with van der Waals surface area (Å²) in [6.45, 7) is 1.50. The second-order valence-corrected chi connectivity index (χ2v) is 13.0. The van der Waals surface area contributed by atoms with Gasteiger partial charge in [0.2, 0.25) is 5.91 Å². The number of rotatable bonds is 23. The summed E-state index contributed by atoms with van der Waals surface area (Å²) < 4.78 is 10.5.